The van der Waals surface area contributed by atoms with Gasteiger partial charge < -0.3 is 4.90 Å². The molecule has 1 aromatic heterocycles. The highest BCUT2D eigenvalue weighted by atomic mass is 32.2. The minimum Gasteiger partial charge on any atom is -0.341 e. The Balaban J connectivity index is 2.06. The number of carbonyl (C=O) groups excluding carboxylic acids is 2. The number of aryl methyl sites for hydroxylation is 1. The van der Waals surface area contributed by atoms with E-state index >= 15 is 0 Å². The summed E-state index contributed by atoms with van der Waals surface area (Å²) in [6.07, 6.45) is 4.39. The molecule has 0 spiro atoms. The van der Waals surface area contributed by atoms with Crippen LogP contribution in [-0.4, -0.2) is 51.5 Å². The number of carbonyl (C=O) groups is 2. The summed E-state index contributed by atoms with van der Waals surface area (Å²) < 4.78 is 1.67. The summed E-state index contributed by atoms with van der Waals surface area (Å²) in [6, 6.07) is 0. The fourth-order valence-corrected chi connectivity index (χ4v) is 4.00. The summed E-state index contributed by atoms with van der Waals surface area (Å²) in [4.78, 5) is 26.1. The van der Waals surface area contributed by atoms with Crippen molar-refractivity contribution >= 4 is 23.5 Å². The zero-order chi connectivity index (χ0) is 16.3. The quantitative estimate of drug-likeness (QED) is 0.780. The lowest BCUT2D eigenvalue weighted by Gasteiger charge is -2.32. The average Bonchev–Trinajstić information content (AvgIpc) is 2.74. The molecule has 1 saturated heterocycles. The summed E-state index contributed by atoms with van der Waals surface area (Å²) in [5.74, 6) is 1.82. The van der Waals surface area contributed by atoms with E-state index in [2.05, 4.69) is 11.4 Å². The monoisotopic (exact) mass is 323 g/mol. The van der Waals surface area contributed by atoms with Gasteiger partial charge in [-0.05, 0) is 51.5 Å². The summed E-state index contributed by atoms with van der Waals surface area (Å²) in [7, 11) is 0. The first-order valence-corrected chi connectivity index (χ1v) is 9.15. The van der Waals surface area contributed by atoms with E-state index in [4.69, 9.17) is 0 Å². The molecule has 2 heterocycles. The first-order valence-electron chi connectivity index (χ1n) is 7.75. The van der Waals surface area contributed by atoms with Crippen LogP contribution in [0.5, 0.6) is 0 Å². The van der Waals surface area contributed by atoms with Crippen LogP contribution in [0.2, 0.25) is 0 Å². The van der Waals surface area contributed by atoms with Gasteiger partial charge in [-0.2, -0.15) is 16.9 Å². The molecule has 2 rings (SSSR count). The smallest absolute Gasteiger partial charge is 0.244 e. The second-order valence-corrected chi connectivity index (χ2v) is 6.97. The lowest BCUT2D eigenvalue weighted by molar-refractivity contribution is -0.133. The van der Waals surface area contributed by atoms with Gasteiger partial charge in [0.15, 0.2) is 5.78 Å². The van der Waals surface area contributed by atoms with Crippen molar-refractivity contribution in [3.8, 4) is 0 Å². The normalized spacial score (nSPS) is 18.5. The lowest BCUT2D eigenvalue weighted by Crippen LogP contribution is -2.42. The Hall–Kier alpha value is -1.30. The molecule has 1 unspecified atom stereocenters. The van der Waals surface area contributed by atoms with Crippen LogP contribution < -0.4 is 0 Å². The summed E-state index contributed by atoms with van der Waals surface area (Å²) in [5.41, 5.74) is 2.14. The third kappa shape index (κ3) is 3.72. The van der Waals surface area contributed by atoms with E-state index in [0.29, 0.717) is 17.2 Å². The maximum absolute atomic E-state index is 12.5. The Kier molecular flexibility index (Phi) is 5.67. The molecule has 5 nitrogen and oxygen atoms in total. The predicted octanol–water partition coefficient (Wildman–Crippen LogP) is 2.30. The van der Waals surface area contributed by atoms with Crippen LogP contribution in [0.25, 0.3) is 0 Å². The van der Waals surface area contributed by atoms with E-state index in [1.165, 1.54) is 6.42 Å². The molecule has 0 bridgehead atoms. The van der Waals surface area contributed by atoms with Crippen molar-refractivity contribution < 1.29 is 9.59 Å². The molecule has 122 valence electrons. The SMILES string of the molecule is CSCC1CCCN(C(=O)Cn2nc(C)c(C(C)=O)c2C)C1. The number of Topliss-reactive ketones (excluding diaryl/α,β-unsaturated/α-hetero) is 1. The molecular weight excluding hydrogens is 298 g/mol. The average molecular weight is 323 g/mol. The molecule has 1 fully saturated rings. The van der Waals surface area contributed by atoms with E-state index in [9.17, 15) is 9.59 Å². The van der Waals surface area contributed by atoms with Gasteiger partial charge in [0.05, 0.1) is 11.3 Å². The molecule has 0 saturated carbocycles. The van der Waals surface area contributed by atoms with Crippen LogP contribution in [-0.2, 0) is 11.3 Å². The largest absolute Gasteiger partial charge is 0.341 e. The first-order chi connectivity index (χ1) is 10.4. The maximum atomic E-state index is 12.5. The summed E-state index contributed by atoms with van der Waals surface area (Å²) in [6.45, 7) is 7.13. The minimum atomic E-state index is 0.00621. The summed E-state index contributed by atoms with van der Waals surface area (Å²) in [5, 5.41) is 4.37. The lowest BCUT2D eigenvalue weighted by atomic mass is 10.00. The molecule has 1 atom stereocenters. The van der Waals surface area contributed by atoms with Gasteiger partial charge in [-0.1, -0.05) is 0 Å². The van der Waals surface area contributed by atoms with Crippen molar-refractivity contribution in [3.05, 3.63) is 17.0 Å². The number of hydrogen-bond donors (Lipinski definition) is 0. The van der Waals surface area contributed by atoms with Crippen LogP contribution in [0.1, 0.15) is 41.5 Å². The Morgan fingerprint density at radius 1 is 1.36 bits per heavy atom. The second kappa shape index (κ2) is 7.31. The van der Waals surface area contributed by atoms with Crippen molar-refractivity contribution in [2.75, 3.05) is 25.1 Å². The van der Waals surface area contributed by atoms with E-state index in [1.54, 1.807) is 11.6 Å². The van der Waals surface area contributed by atoms with E-state index in [-0.39, 0.29) is 18.2 Å². The number of piperidine rings is 1. The standard InChI is InChI=1S/C16H25N3O2S/c1-11-16(13(3)20)12(2)19(17-11)9-15(21)18-7-5-6-14(8-18)10-22-4/h14H,5-10H2,1-4H3. The van der Waals surface area contributed by atoms with E-state index in [0.717, 1.165) is 31.0 Å². The van der Waals surface area contributed by atoms with Crippen LogP contribution >= 0.6 is 11.8 Å². The van der Waals surface area contributed by atoms with E-state index in [1.807, 2.05) is 30.5 Å². The maximum Gasteiger partial charge on any atom is 0.244 e. The fraction of sp³-hybridized carbons (Fsp3) is 0.688. The van der Waals surface area contributed by atoms with Crippen molar-refractivity contribution in [2.24, 2.45) is 5.92 Å². The van der Waals surface area contributed by atoms with Crippen molar-refractivity contribution in [1.29, 1.82) is 0 Å². The molecule has 0 N–H and O–H groups in total. The Morgan fingerprint density at radius 3 is 2.68 bits per heavy atom. The molecule has 0 radical (unpaired) electrons. The molecule has 0 aliphatic carbocycles. The Bertz CT molecular complexity index is 566. The molecule has 1 aliphatic rings. The Morgan fingerprint density at radius 2 is 2.09 bits per heavy atom. The highest BCUT2D eigenvalue weighted by molar-refractivity contribution is 7.98. The van der Waals surface area contributed by atoms with Crippen molar-refractivity contribution in [2.45, 2.75) is 40.2 Å². The molecule has 1 amide bonds. The topological polar surface area (TPSA) is 55.2 Å². The third-order valence-electron chi connectivity index (χ3n) is 4.29. The van der Waals surface area contributed by atoms with Crippen LogP contribution in [0.3, 0.4) is 0 Å². The molecule has 0 aromatic carbocycles. The van der Waals surface area contributed by atoms with Gasteiger partial charge in [0.1, 0.15) is 6.54 Å². The highest BCUT2D eigenvalue weighted by Gasteiger charge is 2.25. The first kappa shape index (κ1) is 17.1. The highest BCUT2D eigenvalue weighted by Crippen LogP contribution is 2.20. The van der Waals surface area contributed by atoms with Gasteiger partial charge in [0.25, 0.3) is 0 Å². The molecule has 6 heteroatoms. The molecular formula is C16H25N3O2S. The van der Waals surface area contributed by atoms with E-state index < -0.39 is 0 Å². The van der Waals surface area contributed by atoms with Crippen molar-refractivity contribution in [3.63, 3.8) is 0 Å². The van der Waals surface area contributed by atoms with Gasteiger partial charge >= 0.3 is 0 Å². The fourth-order valence-electron chi connectivity index (χ4n) is 3.25. The van der Waals surface area contributed by atoms with Gasteiger partial charge in [0, 0.05) is 18.8 Å². The zero-order valence-corrected chi connectivity index (χ0v) is 14.7. The van der Waals surface area contributed by atoms with Crippen LogP contribution in [0.4, 0.5) is 0 Å². The van der Waals surface area contributed by atoms with Gasteiger partial charge in [-0.25, -0.2) is 0 Å². The second-order valence-electron chi connectivity index (χ2n) is 6.06. The van der Waals surface area contributed by atoms with Gasteiger partial charge in [-0.15, -0.1) is 0 Å². The third-order valence-corrected chi connectivity index (χ3v) is 5.10. The Labute approximate surface area is 136 Å². The minimum absolute atomic E-state index is 0.00621. The summed E-state index contributed by atoms with van der Waals surface area (Å²) >= 11 is 1.84. The molecule has 1 aromatic rings. The van der Waals surface area contributed by atoms with Gasteiger partial charge in [0.2, 0.25) is 5.91 Å². The number of amides is 1. The number of ketones is 1. The zero-order valence-electron chi connectivity index (χ0n) is 13.9. The van der Waals surface area contributed by atoms with Crippen molar-refractivity contribution in [1.82, 2.24) is 14.7 Å². The van der Waals surface area contributed by atoms with Crippen LogP contribution in [0.15, 0.2) is 0 Å². The number of hydrogen-bond acceptors (Lipinski definition) is 4. The number of likely N-dealkylation sites (tertiary alicyclic amines) is 1. The number of thioether (sulfide) groups is 1. The van der Waals surface area contributed by atoms with Gasteiger partial charge in [-0.3, -0.25) is 14.3 Å². The number of nitrogens with zero attached hydrogens (tertiary/aromatic N) is 3. The molecule has 22 heavy (non-hydrogen) atoms. The number of rotatable bonds is 5. The van der Waals surface area contributed by atoms with Crippen LogP contribution in [0, 0.1) is 19.8 Å². The number of aromatic nitrogens is 2. The predicted molar refractivity (Wildman–Crippen MR) is 89.4 cm³/mol. The molecule has 1 aliphatic heterocycles.